The molecule has 5 N–H and O–H groups in total. The molecule has 0 aromatic carbocycles. The summed E-state index contributed by atoms with van der Waals surface area (Å²) in [4.78, 5) is 12.8. The zero-order valence-electron chi connectivity index (χ0n) is 9.83. The highest BCUT2D eigenvalue weighted by Crippen LogP contribution is 2.33. The molecule has 7 heteroatoms. The number of aromatic nitrogens is 3. The molecular weight excluding hydrogens is 230 g/mol. The van der Waals surface area contributed by atoms with Crippen LogP contribution in [-0.4, -0.2) is 20.5 Å². The molecule has 2 aromatic rings. The monoisotopic (exact) mass is 243 g/mol. The number of nitrogens with zero attached hydrogens (tertiary/aromatic N) is 4. The maximum atomic E-state index is 6.37. The number of nitrogens with one attached hydrogen (secondary N) is 1. The van der Waals surface area contributed by atoms with Crippen molar-refractivity contribution < 1.29 is 0 Å². The van der Waals surface area contributed by atoms with Gasteiger partial charge in [-0.3, -0.25) is 5.73 Å². The minimum absolute atomic E-state index is 0.231. The standard InChI is InChI=1S/C11H13N7/c1-18-5-8(15-6-18)11(13)7-3-2-4-14-9(7)16-10(12)17-11/h2-6H,13H2,1H3,(H3,12,14,16,17). The first-order valence-corrected chi connectivity index (χ1v) is 5.45. The third-order valence-electron chi connectivity index (χ3n) is 2.86. The Balaban J connectivity index is 2.23. The summed E-state index contributed by atoms with van der Waals surface area (Å²) in [6, 6.07) is 3.67. The van der Waals surface area contributed by atoms with E-state index in [2.05, 4.69) is 20.3 Å². The van der Waals surface area contributed by atoms with Crippen LogP contribution < -0.4 is 16.8 Å². The highest BCUT2D eigenvalue weighted by atomic mass is 15.2. The summed E-state index contributed by atoms with van der Waals surface area (Å²) >= 11 is 0. The fraction of sp³-hybridized carbons (Fsp3) is 0.182. The van der Waals surface area contributed by atoms with Crippen molar-refractivity contribution in [3.63, 3.8) is 0 Å². The summed E-state index contributed by atoms with van der Waals surface area (Å²) in [5, 5.41) is 2.89. The van der Waals surface area contributed by atoms with Crippen LogP contribution in [-0.2, 0) is 12.7 Å². The van der Waals surface area contributed by atoms with Crippen LogP contribution in [0.15, 0.2) is 35.8 Å². The van der Waals surface area contributed by atoms with Gasteiger partial charge in [-0.1, -0.05) is 0 Å². The first kappa shape index (κ1) is 10.7. The van der Waals surface area contributed by atoms with Crippen LogP contribution in [0.25, 0.3) is 0 Å². The van der Waals surface area contributed by atoms with Crippen molar-refractivity contribution in [3.05, 3.63) is 42.1 Å². The molecule has 1 atom stereocenters. The number of hydrogen-bond acceptors (Lipinski definition) is 6. The quantitative estimate of drug-likeness (QED) is 0.638. The topological polar surface area (TPSA) is 107 Å². The van der Waals surface area contributed by atoms with Crippen LogP contribution in [0, 0.1) is 0 Å². The molecule has 0 fully saturated rings. The van der Waals surface area contributed by atoms with Crippen LogP contribution in [0.3, 0.4) is 0 Å². The lowest BCUT2D eigenvalue weighted by Gasteiger charge is -2.30. The smallest absolute Gasteiger partial charge is 0.196 e. The van der Waals surface area contributed by atoms with Gasteiger partial charge in [0.05, 0.1) is 6.33 Å². The molecule has 1 aliphatic rings. The molecule has 0 bridgehead atoms. The van der Waals surface area contributed by atoms with E-state index in [1.165, 1.54) is 0 Å². The Morgan fingerprint density at radius 1 is 1.39 bits per heavy atom. The molecule has 3 rings (SSSR count). The molecule has 0 radical (unpaired) electrons. The van der Waals surface area contributed by atoms with E-state index in [4.69, 9.17) is 11.5 Å². The fourth-order valence-electron chi connectivity index (χ4n) is 2.02. The zero-order valence-corrected chi connectivity index (χ0v) is 9.83. The number of guanidine groups is 1. The average Bonchev–Trinajstić information content (AvgIpc) is 2.76. The lowest BCUT2D eigenvalue weighted by Crippen LogP contribution is -2.44. The predicted molar refractivity (Wildman–Crippen MR) is 67.7 cm³/mol. The summed E-state index contributed by atoms with van der Waals surface area (Å²) in [5.41, 5.74) is 12.4. The highest BCUT2D eigenvalue weighted by Gasteiger charge is 2.37. The van der Waals surface area contributed by atoms with Gasteiger partial charge < -0.3 is 15.6 Å². The number of rotatable bonds is 1. The number of anilines is 1. The van der Waals surface area contributed by atoms with Crippen LogP contribution in [0.1, 0.15) is 11.3 Å². The molecule has 1 aliphatic heterocycles. The van der Waals surface area contributed by atoms with E-state index in [0.717, 1.165) is 5.56 Å². The SMILES string of the molecule is Cn1cnc(C2(N)N=C(N)Nc3ncccc32)c1. The van der Waals surface area contributed by atoms with Gasteiger partial charge in [-0.15, -0.1) is 0 Å². The Kier molecular flexibility index (Phi) is 2.11. The number of imidazole rings is 1. The summed E-state index contributed by atoms with van der Waals surface area (Å²) < 4.78 is 1.81. The van der Waals surface area contributed by atoms with Crippen molar-refractivity contribution in [2.24, 2.45) is 23.5 Å². The van der Waals surface area contributed by atoms with Crippen LogP contribution >= 0.6 is 0 Å². The van der Waals surface area contributed by atoms with E-state index in [1.807, 2.05) is 29.9 Å². The average molecular weight is 243 g/mol. The molecule has 18 heavy (non-hydrogen) atoms. The lowest BCUT2D eigenvalue weighted by atomic mass is 9.97. The van der Waals surface area contributed by atoms with Gasteiger partial charge in [0.1, 0.15) is 11.5 Å². The molecule has 0 amide bonds. The van der Waals surface area contributed by atoms with Crippen LogP contribution in [0.2, 0.25) is 0 Å². The second-order valence-corrected chi connectivity index (χ2v) is 4.21. The van der Waals surface area contributed by atoms with Crippen molar-refractivity contribution in [2.75, 3.05) is 5.32 Å². The van der Waals surface area contributed by atoms with Gasteiger partial charge in [0.15, 0.2) is 11.6 Å². The Morgan fingerprint density at radius 2 is 2.22 bits per heavy atom. The second kappa shape index (κ2) is 3.54. The molecule has 0 spiro atoms. The summed E-state index contributed by atoms with van der Waals surface area (Å²) in [7, 11) is 1.87. The van der Waals surface area contributed by atoms with Gasteiger partial charge in [-0.05, 0) is 12.1 Å². The molecule has 7 nitrogen and oxygen atoms in total. The van der Waals surface area contributed by atoms with E-state index in [-0.39, 0.29) is 5.96 Å². The van der Waals surface area contributed by atoms with Gasteiger partial charge in [-0.2, -0.15) is 0 Å². The molecule has 3 heterocycles. The number of aryl methyl sites for hydroxylation is 1. The van der Waals surface area contributed by atoms with Gasteiger partial charge in [-0.25, -0.2) is 15.0 Å². The molecule has 0 saturated carbocycles. The number of fused-ring (bicyclic) bond motifs is 1. The Bertz CT molecular complexity index is 630. The summed E-state index contributed by atoms with van der Waals surface area (Å²) in [6.07, 6.45) is 5.16. The number of pyridine rings is 1. The van der Waals surface area contributed by atoms with E-state index in [0.29, 0.717) is 11.5 Å². The van der Waals surface area contributed by atoms with Gasteiger partial charge in [0.25, 0.3) is 0 Å². The van der Waals surface area contributed by atoms with Gasteiger partial charge >= 0.3 is 0 Å². The van der Waals surface area contributed by atoms with Crippen molar-refractivity contribution in [1.29, 1.82) is 0 Å². The van der Waals surface area contributed by atoms with E-state index < -0.39 is 5.66 Å². The first-order valence-electron chi connectivity index (χ1n) is 5.45. The largest absolute Gasteiger partial charge is 0.370 e. The Hall–Kier alpha value is -2.41. The van der Waals surface area contributed by atoms with E-state index >= 15 is 0 Å². The van der Waals surface area contributed by atoms with Crippen LogP contribution in [0.5, 0.6) is 0 Å². The normalized spacial score (nSPS) is 22.0. The van der Waals surface area contributed by atoms with Gasteiger partial charge in [0, 0.05) is 25.0 Å². The second-order valence-electron chi connectivity index (χ2n) is 4.21. The number of aliphatic imine (C=N–C) groups is 1. The first-order chi connectivity index (χ1) is 8.59. The molecule has 92 valence electrons. The fourth-order valence-corrected chi connectivity index (χ4v) is 2.02. The number of nitrogens with two attached hydrogens (primary N) is 2. The van der Waals surface area contributed by atoms with Crippen molar-refractivity contribution in [3.8, 4) is 0 Å². The molecule has 0 saturated heterocycles. The van der Waals surface area contributed by atoms with Gasteiger partial charge in [0.2, 0.25) is 0 Å². The van der Waals surface area contributed by atoms with E-state index in [9.17, 15) is 0 Å². The van der Waals surface area contributed by atoms with E-state index in [1.54, 1.807) is 12.5 Å². The minimum Gasteiger partial charge on any atom is -0.370 e. The van der Waals surface area contributed by atoms with Crippen molar-refractivity contribution >= 4 is 11.8 Å². The Labute approximate surface area is 104 Å². The van der Waals surface area contributed by atoms with Crippen molar-refractivity contribution in [2.45, 2.75) is 5.66 Å². The summed E-state index contributed by atoms with van der Waals surface area (Å²) in [5.74, 6) is 0.840. The molecular formula is C11H13N7. The minimum atomic E-state index is -1.10. The third kappa shape index (κ3) is 1.45. The molecule has 0 aliphatic carbocycles. The maximum absolute atomic E-state index is 6.37. The Morgan fingerprint density at radius 3 is 2.94 bits per heavy atom. The zero-order chi connectivity index (χ0) is 12.8. The summed E-state index contributed by atoms with van der Waals surface area (Å²) in [6.45, 7) is 0. The highest BCUT2D eigenvalue weighted by molar-refractivity contribution is 5.94. The predicted octanol–water partition coefficient (Wildman–Crippen LogP) is -0.285. The third-order valence-corrected chi connectivity index (χ3v) is 2.86. The van der Waals surface area contributed by atoms with Crippen molar-refractivity contribution in [1.82, 2.24) is 14.5 Å². The van der Waals surface area contributed by atoms with Crippen LogP contribution in [0.4, 0.5) is 5.82 Å². The maximum Gasteiger partial charge on any atom is 0.196 e. The number of hydrogen-bond donors (Lipinski definition) is 3. The molecule has 1 unspecified atom stereocenters. The lowest BCUT2D eigenvalue weighted by molar-refractivity contribution is 0.548. The molecule has 2 aromatic heterocycles.